The van der Waals surface area contributed by atoms with Gasteiger partial charge in [0, 0.05) is 31.0 Å². The summed E-state index contributed by atoms with van der Waals surface area (Å²) in [7, 11) is 0. The van der Waals surface area contributed by atoms with Crippen molar-refractivity contribution in [3.05, 3.63) is 40.1 Å². The number of carbonyl (C=O) groups is 1. The number of aromatic amines is 1. The van der Waals surface area contributed by atoms with Gasteiger partial charge in [0.05, 0.1) is 33.8 Å². The van der Waals surface area contributed by atoms with Crippen LogP contribution in [0.3, 0.4) is 0 Å². The molecule has 4 aromatic rings. The zero-order chi connectivity index (χ0) is 29.0. The lowest BCUT2D eigenvalue weighted by molar-refractivity contribution is -0.134. The lowest BCUT2D eigenvalue weighted by atomic mass is 9.83. The van der Waals surface area contributed by atoms with Crippen molar-refractivity contribution in [2.75, 3.05) is 18.0 Å². The van der Waals surface area contributed by atoms with E-state index >= 15 is 0 Å². The number of H-pyrrole nitrogens is 1. The van der Waals surface area contributed by atoms with E-state index in [2.05, 4.69) is 38.4 Å². The maximum atomic E-state index is 13.4. The Morgan fingerprint density at radius 2 is 1.86 bits per heavy atom. The highest BCUT2D eigenvalue weighted by molar-refractivity contribution is 6.30. The van der Waals surface area contributed by atoms with Gasteiger partial charge < -0.3 is 14.4 Å². The smallest absolute Gasteiger partial charge is 0.336 e. The number of likely N-dealkylation sites (N-methyl/N-ethyl adjacent to an activating group) is 1. The van der Waals surface area contributed by atoms with Crippen molar-refractivity contribution >= 4 is 34.5 Å². The van der Waals surface area contributed by atoms with Crippen LogP contribution in [0.15, 0.2) is 33.8 Å². The number of rotatable bonds is 6. The van der Waals surface area contributed by atoms with Gasteiger partial charge in [-0.25, -0.2) is 14.8 Å². The van der Waals surface area contributed by atoms with Gasteiger partial charge in [-0.1, -0.05) is 36.5 Å². The summed E-state index contributed by atoms with van der Waals surface area (Å²) in [4.78, 5) is 46.7. The number of fused-ring (bicyclic) bond motifs is 2. The van der Waals surface area contributed by atoms with Gasteiger partial charge in [0.15, 0.2) is 0 Å². The molecule has 7 rings (SSSR count). The Labute approximate surface area is 248 Å². The SMILES string of the molecule is CCN1C(=O)CN(c2nc3cc(-c4noc(=O)[nH]4)nc(-c4cncc(Cl)c4)c3n2CC2CCC(C)CC2)[C@H]2CCC[C@@H]21. The molecule has 0 unspecified atom stereocenters. The summed E-state index contributed by atoms with van der Waals surface area (Å²) in [6, 6.07) is 4.07. The van der Waals surface area contributed by atoms with E-state index in [-0.39, 0.29) is 23.8 Å². The van der Waals surface area contributed by atoms with E-state index in [1.807, 2.05) is 17.0 Å². The normalized spacial score (nSPS) is 24.5. The minimum atomic E-state index is -0.657. The van der Waals surface area contributed by atoms with E-state index in [1.165, 1.54) is 12.8 Å². The van der Waals surface area contributed by atoms with Gasteiger partial charge in [-0.15, -0.1) is 0 Å². The van der Waals surface area contributed by atoms with Gasteiger partial charge in [0.25, 0.3) is 0 Å². The van der Waals surface area contributed by atoms with Gasteiger partial charge in [0.1, 0.15) is 12.2 Å². The summed E-state index contributed by atoms with van der Waals surface area (Å²) >= 11 is 6.41. The second kappa shape index (κ2) is 10.8. The number of carbonyl (C=O) groups excluding carboxylic acids is 1. The van der Waals surface area contributed by atoms with Crippen LogP contribution in [-0.4, -0.2) is 65.6 Å². The van der Waals surface area contributed by atoms with Crippen molar-refractivity contribution in [3.63, 3.8) is 0 Å². The second-order valence-corrected chi connectivity index (χ2v) is 12.5. The molecular formula is C30H35ClN8O3. The maximum absolute atomic E-state index is 13.4. The van der Waals surface area contributed by atoms with Crippen LogP contribution in [0.4, 0.5) is 5.95 Å². The quantitative estimate of drug-likeness (QED) is 0.336. The van der Waals surface area contributed by atoms with Crippen LogP contribution in [-0.2, 0) is 11.3 Å². The molecule has 0 radical (unpaired) electrons. The molecule has 0 spiro atoms. The van der Waals surface area contributed by atoms with Gasteiger partial charge in [-0.2, -0.15) is 0 Å². The molecule has 2 saturated carbocycles. The predicted octanol–water partition coefficient (Wildman–Crippen LogP) is 4.91. The second-order valence-electron chi connectivity index (χ2n) is 12.1. The van der Waals surface area contributed by atoms with Crippen molar-refractivity contribution in [1.29, 1.82) is 0 Å². The molecule has 42 heavy (non-hydrogen) atoms. The average Bonchev–Trinajstić information content (AvgIpc) is 3.72. The number of amides is 1. The van der Waals surface area contributed by atoms with E-state index in [4.69, 9.17) is 26.1 Å². The third-order valence-electron chi connectivity index (χ3n) is 9.41. The predicted molar refractivity (Wildman–Crippen MR) is 159 cm³/mol. The molecule has 2 atom stereocenters. The Morgan fingerprint density at radius 3 is 2.60 bits per heavy atom. The van der Waals surface area contributed by atoms with Crippen molar-refractivity contribution in [2.24, 2.45) is 11.8 Å². The van der Waals surface area contributed by atoms with Crippen molar-refractivity contribution < 1.29 is 9.32 Å². The molecule has 220 valence electrons. The van der Waals surface area contributed by atoms with Crippen LogP contribution in [0.2, 0.25) is 5.02 Å². The summed E-state index contributed by atoms with van der Waals surface area (Å²) in [5, 5.41) is 4.38. The summed E-state index contributed by atoms with van der Waals surface area (Å²) in [6.07, 6.45) is 11.1. The Balaban J connectivity index is 1.44. The van der Waals surface area contributed by atoms with Crippen LogP contribution in [0.25, 0.3) is 33.8 Å². The highest BCUT2D eigenvalue weighted by Gasteiger charge is 2.44. The van der Waals surface area contributed by atoms with Crippen LogP contribution in [0.5, 0.6) is 0 Å². The molecule has 3 fully saturated rings. The monoisotopic (exact) mass is 590 g/mol. The number of aromatic nitrogens is 6. The van der Waals surface area contributed by atoms with Crippen LogP contribution in [0, 0.1) is 11.8 Å². The maximum Gasteiger partial charge on any atom is 0.439 e. The third-order valence-corrected chi connectivity index (χ3v) is 9.62. The minimum absolute atomic E-state index is 0.143. The molecule has 1 aliphatic heterocycles. The van der Waals surface area contributed by atoms with Crippen LogP contribution >= 0.6 is 11.6 Å². The Hall–Kier alpha value is -3.73. The molecular weight excluding hydrogens is 556 g/mol. The Kier molecular flexibility index (Phi) is 7.00. The number of anilines is 1. The number of piperazine rings is 1. The first kappa shape index (κ1) is 27.1. The molecule has 4 aromatic heterocycles. The van der Waals surface area contributed by atoms with Crippen molar-refractivity contribution in [2.45, 2.75) is 77.4 Å². The molecule has 1 saturated heterocycles. The summed E-state index contributed by atoms with van der Waals surface area (Å²) < 4.78 is 7.09. The fraction of sp³-hybridized carbons (Fsp3) is 0.533. The molecule has 0 bridgehead atoms. The fourth-order valence-electron chi connectivity index (χ4n) is 7.33. The third kappa shape index (κ3) is 4.77. The van der Waals surface area contributed by atoms with E-state index < -0.39 is 5.76 Å². The largest absolute Gasteiger partial charge is 0.439 e. The molecule has 2 aliphatic carbocycles. The minimum Gasteiger partial charge on any atom is -0.336 e. The van der Waals surface area contributed by atoms with Gasteiger partial charge in [-0.05, 0) is 63.0 Å². The zero-order valence-corrected chi connectivity index (χ0v) is 24.7. The molecule has 5 heterocycles. The van der Waals surface area contributed by atoms with E-state index in [9.17, 15) is 9.59 Å². The zero-order valence-electron chi connectivity index (χ0n) is 23.9. The summed E-state index contributed by atoms with van der Waals surface area (Å²) in [6.45, 7) is 6.19. The first-order valence-corrected chi connectivity index (χ1v) is 15.4. The molecule has 1 amide bonds. The molecule has 12 heteroatoms. The summed E-state index contributed by atoms with van der Waals surface area (Å²) in [5.41, 5.74) is 3.37. The lowest BCUT2D eigenvalue weighted by Gasteiger charge is -2.44. The van der Waals surface area contributed by atoms with E-state index in [1.54, 1.807) is 12.4 Å². The number of pyridine rings is 2. The summed E-state index contributed by atoms with van der Waals surface area (Å²) in [5.74, 6) is 1.73. The number of halogens is 1. The number of nitrogens with one attached hydrogen (secondary N) is 1. The molecule has 0 aromatic carbocycles. The fourth-order valence-corrected chi connectivity index (χ4v) is 7.50. The van der Waals surface area contributed by atoms with Crippen LogP contribution < -0.4 is 10.7 Å². The molecule has 3 aliphatic rings. The Bertz CT molecular complexity index is 1690. The number of imidazole rings is 1. The number of hydrogen-bond donors (Lipinski definition) is 1. The first-order chi connectivity index (χ1) is 20.4. The van der Waals surface area contributed by atoms with E-state index in [0.29, 0.717) is 34.4 Å². The van der Waals surface area contributed by atoms with Crippen molar-refractivity contribution in [1.82, 2.24) is 34.6 Å². The number of nitrogens with zero attached hydrogens (tertiary/aromatic N) is 7. The Morgan fingerprint density at radius 1 is 1.05 bits per heavy atom. The van der Waals surface area contributed by atoms with E-state index in [0.717, 1.165) is 68.1 Å². The first-order valence-electron chi connectivity index (χ1n) is 15.0. The highest BCUT2D eigenvalue weighted by atomic mass is 35.5. The number of hydrogen-bond acceptors (Lipinski definition) is 8. The molecule has 11 nitrogen and oxygen atoms in total. The lowest BCUT2D eigenvalue weighted by Crippen LogP contribution is -2.60. The molecule has 1 N–H and O–H groups in total. The van der Waals surface area contributed by atoms with Gasteiger partial charge in [0.2, 0.25) is 17.7 Å². The van der Waals surface area contributed by atoms with Gasteiger partial charge >= 0.3 is 5.76 Å². The van der Waals surface area contributed by atoms with Crippen LogP contribution in [0.1, 0.15) is 58.8 Å². The van der Waals surface area contributed by atoms with Crippen molar-refractivity contribution in [3.8, 4) is 22.8 Å². The highest BCUT2D eigenvalue weighted by Crippen LogP contribution is 2.40. The van der Waals surface area contributed by atoms with Gasteiger partial charge in [-0.3, -0.25) is 19.3 Å². The standard InChI is InChI=1S/C30H35ClN8O3/c1-3-37-23-5-4-6-24(23)38(16-25(37)40)29-34-21-12-22(28-35-30(41)42-36-28)33-26(19-11-20(31)14-32-13-19)27(21)39(29)15-18-9-7-17(2)8-10-18/h11-14,17-18,23-24H,3-10,15-16H2,1-2H3,(H,35,36,41)/t17?,18?,23-,24-/m0/s1. The average molecular weight is 591 g/mol. The topological polar surface area (TPSA) is 126 Å².